The topological polar surface area (TPSA) is 84.6 Å². The number of pyridine rings is 1. The summed E-state index contributed by atoms with van der Waals surface area (Å²) in [5.74, 6) is 0.983. The van der Waals surface area contributed by atoms with Gasteiger partial charge in [-0.15, -0.1) is 0 Å². The third-order valence-electron chi connectivity index (χ3n) is 4.58. The quantitative estimate of drug-likeness (QED) is 0.767. The Hall–Kier alpha value is -2.48. The predicted molar refractivity (Wildman–Crippen MR) is 95.9 cm³/mol. The predicted octanol–water partition coefficient (Wildman–Crippen LogP) is 1.24. The number of nitrogens with zero attached hydrogens (tertiary/aromatic N) is 5. The van der Waals surface area contributed by atoms with Crippen molar-refractivity contribution < 1.29 is 14.2 Å². The number of aromatic nitrogens is 3. The Labute approximate surface area is 153 Å². The van der Waals surface area contributed by atoms with Crippen molar-refractivity contribution in [3.63, 3.8) is 0 Å². The lowest BCUT2D eigenvalue weighted by atomic mass is 10.1. The fourth-order valence-corrected chi connectivity index (χ4v) is 2.97. The van der Waals surface area contributed by atoms with Crippen LogP contribution in [0.15, 0.2) is 23.0 Å². The normalized spacial score (nSPS) is 17.3. The van der Waals surface area contributed by atoms with Crippen molar-refractivity contribution in [3.05, 3.63) is 35.3 Å². The molecule has 8 nitrogen and oxygen atoms in total. The van der Waals surface area contributed by atoms with Crippen molar-refractivity contribution in [1.29, 1.82) is 0 Å². The number of hydrogen-bond acceptors (Lipinski definition) is 7. The van der Waals surface area contributed by atoms with Crippen molar-refractivity contribution in [3.8, 4) is 0 Å². The zero-order valence-electron chi connectivity index (χ0n) is 15.5. The maximum Gasteiger partial charge on any atom is 0.228 e. The van der Waals surface area contributed by atoms with Crippen LogP contribution in [0.2, 0.25) is 0 Å². The number of hydrogen-bond donors (Lipinski definition) is 0. The molecule has 0 N–H and O–H groups in total. The molecule has 26 heavy (non-hydrogen) atoms. The Balaban J connectivity index is 1.53. The average molecular weight is 359 g/mol. The molecule has 1 aliphatic heterocycles. The van der Waals surface area contributed by atoms with Gasteiger partial charge < -0.3 is 14.5 Å². The van der Waals surface area contributed by atoms with Crippen LogP contribution in [0.1, 0.15) is 23.4 Å². The number of carbonyl (C=O) groups excluding carboxylic acids is 1. The van der Waals surface area contributed by atoms with Crippen LogP contribution in [-0.2, 0) is 22.4 Å². The number of rotatable bonds is 6. The van der Waals surface area contributed by atoms with Crippen LogP contribution in [0.25, 0.3) is 0 Å². The molecule has 2 aromatic heterocycles. The number of carbonyl (C=O) groups is 1. The van der Waals surface area contributed by atoms with Gasteiger partial charge in [-0.1, -0.05) is 10.3 Å². The minimum atomic E-state index is 0.0379. The van der Waals surface area contributed by atoms with Crippen LogP contribution in [0.5, 0.6) is 0 Å². The van der Waals surface area contributed by atoms with Gasteiger partial charge in [-0.05, 0) is 37.5 Å². The SMILES string of the molecule is Cc1nonc1CC(=O)N1CCO[C@@H](CCc2ccnc(N(C)C)c2)C1. The maximum absolute atomic E-state index is 12.5. The van der Waals surface area contributed by atoms with Gasteiger partial charge in [0.25, 0.3) is 0 Å². The summed E-state index contributed by atoms with van der Waals surface area (Å²) < 4.78 is 10.5. The fraction of sp³-hybridized carbons (Fsp3) is 0.556. The minimum Gasteiger partial charge on any atom is -0.375 e. The van der Waals surface area contributed by atoms with Gasteiger partial charge in [0.2, 0.25) is 5.91 Å². The molecular formula is C18H25N5O3. The van der Waals surface area contributed by atoms with E-state index in [1.54, 1.807) is 6.92 Å². The monoisotopic (exact) mass is 359 g/mol. The van der Waals surface area contributed by atoms with E-state index in [0.29, 0.717) is 31.1 Å². The number of amides is 1. The number of aryl methyl sites for hydroxylation is 2. The molecule has 0 saturated carbocycles. The highest BCUT2D eigenvalue weighted by Gasteiger charge is 2.25. The Kier molecular flexibility index (Phi) is 5.82. The smallest absolute Gasteiger partial charge is 0.228 e. The first-order valence-corrected chi connectivity index (χ1v) is 8.82. The summed E-state index contributed by atoms with van der Waals surface area (Å²) in [6, 6.07) is 4.12. The molecule has 3 rings (SSSR count). The standard InChI is InChI=1S/C18H25N5O3/c1-13-16(21-26-20-13)11-18(24)23-8-9-25-15(12-23)5-4-14-6-7-19-17(10-14)22(2)3/h6-7,10,15H,4-5,8-9,11-12H2,1-3H3/t15-/m0/s1. The van der Waals surface area contributed by atoms with E-state index >= 15 is 0 Å². The molecule has 1 atom stereocenters. The lowest BCUT2D eigenvalue weighted by Gasteiger charge is -2.33. The van der Waals surface area contributed by atoms with Crippen LogP contribution < -0.4 is 4.90 Å². The van der Waals surface area contributed by atoms with E-state index in [2.05, 4.69) is 26.0 Å². The first-order chi connectivity index (χ1) is 12.5. The second-order valence-electron chi connectivity index (χ2n) is 6.76. The third-order valence-corrected chi connectivity index (χ3v) is 4.58. The van der Waals surface area contributed by atoms with Crippen LogP contribution in [0.4, 0.5) is 5.82 Å². The molecular weight excluding hydrogens is 334 g/mol. The van der Waals surface area contributed by atoms with Gasteiger partial charge in [0.15, 0.2) is 0 Å². The van der Waals surface area contributed by atoms with Gasteiger partial charge in [-0.25, -0.2) is 9.61 Å². The number of anilines is 1. The zero-order valence-corrected chi connectivity index (χ0v) is 15.5. The lowest BCUT2D eigenvalue weighted by molar-refractivity contribution is -0.138. The van der Waals surface area contributed by atoms with E-state index in [1.807, 2.05) is 36.2 Å². The van der Waals surface area contributed by atoms with Gasteiger partial charge in [0.05, 0.1) is 19.1 Å². The third kappa shape index (κ3) is 4.57. The molecule has 0 unspecified atom stereocenters. The average Bonchev–Trinajstić information content (AvgIpc) is 3.05. The zero-order chi connectivity index (χ0) is 18.5. The highest BCUT2D eigenvalue weighted by Crippen LogP contribution is 2.16. The summed E-state index contributed by atoms with van der Waals surface area (Å²) in [5.41, 5.74) is 2.49. The molecule has 1 aliphatic rings. The van der Waals surface area contributed by atoms with Gasteiger partial charge in [0.1, 0.15) is 17.2 Å². The van der Waals surface area contributed by atoms with Crippen molar-refractivity contribution in [2.75, 3.05) is 38.7 Å². The molecule has 140 valence electrons. The molecule has 1 amide bonds. The molecule has 1 fully saturated rings. The van der Waals surface area contributed by atoms with E-state index in [-0.39, 0.29) is 18.4 Å². The summed E-state index contributed by atoms with van der Waals surface area (Å²) in [7, 11) is 3.96. The van der Waals surface area contributed by atoms with E-state index < -0.39 is 0 Å². The maximum atomic E-state index is 12.5. The molecule has 8 heteroatoms. The van der Waals surface area contributed by atoms with Crippen molar-refractivity contribution >= 4 is 11.7 Å². The molecule has 0 bridgehead atoms. The lowest BCUT2D eigenvalue weighted by Crippen LogP contribution is -2.46. The molecule has 1 saturated heterocycles. The Morgan fingerprint density at radius 1 is 1.38 bits per heavy atom. The molecule has 0 spiro atoms. The van der Waals surface area contributed by atoms with Crippen molar-refractivity contribution in [2.45, 2.75) is 32.3 Å². The minimum absolute atomic E-state index is 0.0379. The van der Waals surface area contributed by atoms with Crippen LogP contribution in [-0.4, -0.2) is 66.0 Å². The molecule has 3 heterocycles. The van der Waals surface area contributed by atoms with Crippen molar-refractivity contribution in [1.82, 2.24) is 20.2 Å². The Morgan fingerprint density at radius 3 is 2.96 bits per heavy atom. The summed E-state index contributed by atoms with van der Waals surface area (Å²) in [6.07, 6.45) is 3.85. The summed E-state index contributed by atoms with van der Waals surface area (Å²) >= 11 is 0. The molecule has 0 aromatic carbocycles. The highest BCUT2D eigenvalue weighted by molar-refractivity contribution is 5.78. The van der Waals surface area contributed by atoms with Crippen LogP contribution in [0, 0.1) is 6.92 Å². The number of morpholine rings is 1. The largest absolute Gasteiger partial charge is 0.375 e. The van der Waals surface area contributed by atoms with E-state index in [1.165, 1.54) is 5.56 Å². The van der Waals surface area contributed by atoms with E-state index in [4.69, 9.17) is 4.74 Å². The van der Waals surface area contributed by atoms with Crippen LogP contribution in [0.3, 0.4) is 0 Å². The van der Waals surface area contributed by atoms with Gasteiger partial charge in [-0.3, -0.25) is 4.79 Å². The summed E-state index contributed by atoms with van der Waals surface area (Å²) in [6.45, 7) is 3.57. The molecule has 0 radical (unpaired) electrons. The second-order valence-corrected chi connectivity index (χ2v) is 6.76. The van der Waals surface area contributed by atoms with E-state index in [0.717, 1.165) is 18.7 Å². The van der Waals surface area contributed by atoms with Gasteiger partial charge in [-0.2, -0.15) is 0 Å². The first kappa shape index (κ1) is 18.3. The van der Waals surface area contributed by atoms with Gasteiger partial charge in [0, 0.05) is 33.4 Å². The highest BCUT2D eigenvalue weighted by atomic mass is 16.6. The number of ether oxygens (including phenoxy) is 1. The second kappa shape index (κ2) is 8.27. The first-order valence-electron chi connectivity index (χ1n) is 8.82. The van der Waals surface area contributed by atoms with E-state index in [9.17, 15) is 4.79 Å². The van der Waals surface area contributed by atoms with Gasteiger partial charge >= 0.3 is 0 Å². The Bertz CT molecular complexity index is 746. The molecule has 2 aromatic rings. The fourth-order valence-electron chi connectivity index (χ4n) is 2.97. The van der Waals surface area contributed by atoms with Crippen molar-refractivity contribution in [2.24, 2.45) is 0 Å². The summed E-state index contributed by atoms with van der Waals surface area (Å²) in [5, 5.41) is 7.52. The van der Waals surface area contributed by atoms with Crippen LogP contribution >= 0.6 is 0 Å². The summed E-state index contributed by atoms with van der Waals surface area (Å²) in [4.78, 5) is 20.7. The molecule has 0 aliphatic carbocycles. The Morgan fingerprint density at radius 2 is 2.23 bits per heavy atom.